The number of ether oxygens (including phenoxy) is 3. The molecule has 1 aliphatic rings. The van der Waals surface area contributed by atoms with Crippen LogP contribution in [0.4, 0.5) is 0 Å². The molecule has 1 heterocycles. The second-order valence-corrected chi connectivity index (χ2v) is 3.30. The highest BCUT2D eigenvalue weighted by Gasteiger charge is 2.46. The maximum Gasteiger partial charge on any atom is 0.227 e. The molecule has 0 unspecified atom stereocenters. The van der Waals surface area contributed by atoms with Crippen LogP contribution in [-0.4, -0.2) is 26.1 Å². The van der Waals surface area contributed by atoms with E-state index in [4.69, 9.17) is 19.5 Å². The van der Waals surface area contributed by atoms with Crippen molar-refractivity contribution in [3.05, 3.63) is 29.8 Å². The van der Waals surface area contributed by atoms with Gasteiger partial charge in [0.15, 0.2) is 0 Å². The van der Waals surface area contributed by atoms with Gasteiger partial charge in [-0.3, -0.25) is 0 Å². The first-order valence-corrected chi connectivity index (χ1v) is 4.61. The van der Waals surface area contributed by atoms with Gasteiger partial charge in [0.25, 0.3) is 0 Å². The number of benzene rings is 1. The Morgan fingerprint density at radius 3 is 2.87 bits per heavy atom. The highest BCUT2D eigenvalue weighted by Crippen LogP contribution is 2.29. The molecule has 0 aromatic heterocycles. The van der Waals surface area contributed by atoms with Gasteiger partial charge in [0.05, 0.1) is 5.56 Å². The number of methoxy groups -OCH3 is 1. The summed E-state index contributed by atoms with van der Waals surface area (Å²) in [6.45, 7) is 0.848. The Balaban J connectivity index is 2.02. The molecular formula is C11H11NO3. The third-order valence-electron chi connectivity index (χ3n) is 2.29. The lowest BCUT2D eigenvalue weighted by atomic mass is 10.2. The van der Waals surface area contributed by atoms with Gasteiger partial charge in [0.2, 0.25) is 5.79 Å². The SMILES string of the molecule is CO[C@@]1(COc2ccccc2C#N)CO1. The molecule has 0 bridgehead atoms. The smallest absolute Gasteiger partial charge is 0.227 e. The Morgan fingerprint density at radius 1 is 1.53 bits per heavy atom. The summed E-state index contributed by atoms with van der Waals surface area (Å²) >= 11 is 0. The monoisotopic (exact) mass is 205 g/mol. The number of hydrogen-bond donors (Lipinski definition) is 0. The molecule has 0 saturated carbocycles. The van der Waals surface area contributed by atoms with Crippen molar-refractivity contribution in [1.82, 2.24) is 0 Å². The fraction of sp³-hybridized carbons (Fsp3) is 0.364. The van der Waals surface area contributed by atoms with Crippen molar-refractivity contribution in [2.45, 2.75) is 5.79 Å². The van der Waals surface area contributed by atoms with Gasteiger partial charge >= 0.3 is 0 Å². The summed E-state index contributed by atoms with van der Waals surface area (Å²) in [5.41, 5.74) is 0.518. The second-order valence-electron chi connectivity index (χ2n) is 3.30. The molecule has 1 saturated heterocycles. The van der Waals surface area contributed by atoms with Crippen LogP contribution in [0.25, 0.3) is 0 Å². The van der Waals surface area contributed by atoms with E-state index >= 15 is 0 Å². The van der Waals surface area contributed by atoms with Gasteiger partial charge < -0.3 is 14.2 Å². The average Bonchev–Trinajstić information content (AvgIpc) is 3.07. The van der Waals surface area contributed by atoms with Crippen LogP contribution in [-0.2, 0) is 9.47 Å². The largest absolute Gasteiger partial charge is 0.486 e. The minimum Gasteiger partial charge on any atom is -0.486 e. The highest BCUT2D eigenvalue weighted by atomic mass is 16.8. The fourth-order valence-corrected chi connectivity index (χ4v) is 1.21. The summed E-state index contributed by atoms with van der Waals surface area (Å²) in [4.78, 5) is 0. The number of para-hydroxylation sites is 1. The predicted molar refractivity (Wildman–Crippen MR) is 52.3 cm³/mol. The van der Waals surface area contributed by atoms with Gasteiger partial charge in [0.1, 0.15) is 25.0 Å². The lowest BCUT2D eigenvalue weighted by molar-refractivity contribution is -0.0412. The molecule has 15 heavy (non-hydrogen) atoms. The summed E-state index contributed by atoms with van der Waals surface area (Å²) in [5.74, 6) is -0.0327. The molecule has 0 spiro atoms. The van der Waals surface area contributed by atoms with Crippen LogP contribution in [0.2, 0.25) is 0 Å². The van der Waals surface area contributed by atoms with Crippen LogP contribution >= 0.6 is 0 Å². The number of epoxide rings is 1. The molecule has 2 rings (SSSR count). The van der Waals surface area contributed by atoms with Crippen LogP contribution in [0.1, 0.15) is 5.56 Å². The van der Waals surface area contributed by atoms with Crippen LogP contribution in [0.15, 0.2) is 24.3 Å². The minimum absolute atomic E-state index is 0.308. The molecular weight excluding hydrogens is 194 g/mol. The van der Waals surface area contributed by atoms with Crippen LogP contribution in [0.3, 0.4) is 0 Å². The van der Waals surface area contributed by atoms with E-state index in [2.05, 4.69) is 6.07 Å². The van der Waals surface area contributed by atoms with Crippen molar-refractivity contribution >= 4 is 0 Å². The van der Waals surface area contributed by atoms with Crippen molar-refractivity contribution in [3.8, 4) is 11.8 Å². The average molecular weight is 205 g/mol. The van der Waals surface area contributed by atoms with Crippen LogP contribution in [0.5, 0.6) is 5.75 Å². The molecule has 0 amide bonds. The molecule has 0 aliphatic carbocycles. The summed E-state index contributed by atoms with van der Waals surface area (Å²) in [6.07, 6.45) is 0. The number of hydrogen-bond acceptors (Lipinski definition) is 4. The molecule has 4 heteroatoms. The van der Waals surface area contributed by atoms with Gasteiger partial charge in [0, 0.05) is 7.11 Å². The van der Waals surface area contributed by atoms with E-state index in [1.165, 1.54) is 0 Å². The van der Waals surface area contributed by atoms with Crippen LogP contribution < -0.4 is 4.74 Å². The Bertz CT molecular complexity index is 393. The zero-order valence-electron chi connectivity index (χ0n) is 8.40. The molecule has 1 aromatic carbocycles. The van der Waals surface area contributed by atoms with Crippen molar-refractivity contribution in [3.63, 3.8) is 0 Å². The van der Waals surface area contributed by atoms with E-state index < -0.39 is 5.79 Å². The van der Waals surface area contributed by atoms with E-state index in [9.17, 15) is 0 Å². The summed E-state index contributed by atoms with van der Waals surface area (Å²) < 4.78 is 15.7. The molecule has 1 fully saturated rings. The molecule has 1 aromatic rings. The van der Waals surface area contributed by atoms with Crippen molar-refractivity contribution in [2.24, 2.45) is 0 Å². The van der Waals surface area contributed by atoms with Gasteiger partial charge in [-0.15, -0.1) is 0 Å². The number of rotatable bonds is 4. The van der Waals surface area contributed by atoms with Crippen molar-refractivity contribution in [2.75, 3.05) is 20.3 Å². The van der Waals surface area contributed by atoms with E-state index in [-0.39, 0.29) is 0 Å². The first-order valence-electron chi connectivity index (χ1n) is 4.61. The molecule has 78 valence electrons. The van der Waals surface area contributed by atoms with E-state index in [1.54, 1.807) is 25.3 Å². The summed E-state index contributed by atoms with van der Waals surface area (Å²) in [6, 6.07) is 9.15. The fourth-order valence-electron chi connectivity index (χ4n) is 1.21. The van der Waals surface area contributed by atoms with E-state index in [0.717, 1.165) is 0 Å². The molecule has 4 nitrogen and oxygen atoms in total. The lowest BCUT2D eigenvalue weighted by Gasteiger charge is -2.12. The Labute approximate surface area is 88.0 Å². The number of nitriles is 1. The van der Waals surface area contributed by atoms with Gasteiger partial charge in [-0.2, -0.15) is 5.26 Å². The zero-order valence-corrected chi connectivity index (χ0v) is 8.40. The first kappa shape index (κ1) is 9.97. The quantitative estimate of drug-likeness (QED) is 0.695. The number of nitrogens with zero attached hydrogens (tertiary/aromatic N) is 1. The third-order valence-corrected chi connectivity index (χ3v) is 2.29. The van der Waals surface area contributed by atoms with Gasteiger partial charge in [-0.05, 0) is 12.1 Å². The van der Waals surface area contributed by atoms with Crippen LogP contribution in [0, 0.1) is 11.3 Å². The minimum atomic E-state index is -0.595. The van der Waals surface area contributed by atoms with Crippen molar-refractivity contribution < 1.29 is 14.2 Å². The standard InChI is InChI=1S/C11H11NO3/c1-13-11(8-15-11)7-14-10-5-3-2-4-9(10)6-12/h2-5H,7-8H2,1H3/t11-/m1/s1. The predicted octanol–water partition coefficient (Wildman–Crippen LogP) is 1.31. The summed E-state index contributed by atoms with van der Waals surface area (Å²) in [5, 5.41) is 8.83. The van der Waals surface area contributed by atoms with E-state index in [1.807, 2.05) is 6.07 Å². The topological polar surface area (TPSA) is 54.8 Å². The Hall–Kier alpha value is -1.57. The lowest BCUT2D eigenvalue weighted by Crippen LogP contribution is -2.23. The zero-order chi connectivity index (χ0) is 10.7. The molecule has 0 radical (unpaired) electrons. The normalized spacial score (nSPS) is 23.2. The Kier molecular flexibility index (Phi) is 2.58. The second kappa shape index (κ2) is 3.89. The first-order chi connectivity index (χ1) is 7.29. The Morgan fingerprint density at radius 2 is 2.27 bits per heavy atom. The maximum atomic E-state index is 8.83. The van der Waals surface area contributed by atoms with Gasteiger partial charge in [-0.25, -0.2) is 0 Å². The van der Waals surface area contributed by atoms with Gasteiger partial charge in [-0.1, -0.05) is 12.1 Å². The molecule has 1 aliphatic heterocycles. The highest BCUT2D eigenvalue weighted by molar-refractivity contribution is 5.42. The van der Waals surface area contributed by atoms with E-state index in [0.29, 0.717) is 24.5 Å². The molecule has 1 atom stereocenters. The third kappa shape index (κ3) is 2.09. The molecule has 0 N–H and O–H groups in total. The summed E-state index contributed by atoms with van der Waals surface area (Å²) in [7, 11) is 1.58. The van der Waals surface area contributed by atoms with Crippen molar-refractivity contribution in [1.29, 1.82) is 5.26 Å². The maximum absolute atomic E-state index is 8.83.